The molecular formula is C12H15F4NO2. The van der Waals surface area contributed by atoms with Gasteiger partial charge < -0.3 is 15.2 Å². The second-order valence-corrected chi connectivity index (χ2v) is 3.87. The Hall–Kier alpha value is -1.34. The standard InChI is InChI=1S/C12H15F4NO2/c1-18-7-4-8(13)12(9(14)5-7)10(17)2-3-19-6-11(15)16/h4-5,10-11H,2-3,6,17H2,1H3. The van der Waals surface area contributed by atoms with E-state index >= 15 is 0 Å². The molecule has 0 amide bonds. The number of benzene rings is 1. The zero-order chi connectivity index (χ0) is 14.4. The van der Waals surface area contributed by atoms with Crippen molar-refractivity contribution in [3.63, 3.8) is 0 Å². The summed E-state index contributed by atoms with van der Waals surface area (Å²) in [6.07, 6.45) is -2.54. The molecule has 19 heavy (non-hydrogen) atoms. The molecule has 0 radical (unpaired) electrons. The topological polar surface area (TPSA) is 44.5 Å². The lowest BCUT2D eigenvalue weighted by atomic mass is 10.0. The molecule has 1 aromatic rings. The van der Waals surface area contributed by atoms with E-state index in [2.05, 4.69) is 4.74 Å². The number of alkyl halides is 2. The molecule has 3 nitrogen and oxygen atoms in total. The van der Waals surface area contributed by atoms with Gasteiger partial charge in [-0.2, -0.15) is 0 Å². The Morgan fingerprint density at radius 2 is 1.79 bits per heavy atom. The first-order valence-electron chi connectivity index (χ1n) is 5.60. The summed E-state index contributed by atoms with van der Waals surface area (Å²) in [6, 6.07) is 1.06. The number of rotatable bonds is 7. The van der Waals surface area contributed by atoms with E-state index in [0.717, 1.165) is 12.1 Å². The Morgan fingerprint density at radius 3 is 2.26 bits per heavy atom. The molecule has 2 N–H and O–H groups in total. The van der Waals surface area contributed by atoms with Gasteiger partial charge in [0.25, 0.3) is 6.43 Å². The van der Waals surface area contributed by atoms with Crippen LogP contribution >= 0.6 is 0 Å². The zero-order valence-electron chi connectivity index (χ0n) is 10.3. The van der Waals surface area contributed by atoms with Crippen LogP contribution in [0.15, 0.2) is 12.1 Å². The Labute approximate surface area is 108 Å². The van der Waals surface area contributed by atoms with E-state index in [0.29, 0.717) is 0 Å². The third-order valence-electron chi connectivity index (χ3n) is 2.48. The van der Waals surface area contributed by atoms with E-state index in [1.165, 1.54) is 7.11 Å². The van der Waals surface area contributed by atoms with E-state index in [1.54, 1.807) is 0 Å². The predicted octanol–water partition coefficient (Wildman–Crippen LogP) is 2.65. The highest BCUT2D eigenvalue weighted by atomic mass is 19.3. The third-order valence-corrected chi connectivity index (χ3v) is 2.48. The summed E-state index contributed by atoms with van der Waals surface area (Å²) in [5.74, 6) is -1.63. The van der Waals surface area contributed by atoms with Crippen LogP contribution in [0.2, 0.25) is 0 Å². The molecule has 1 unspecified atom stereocenters. The molecule has 0 aliphatic carbocycles. The molecule has 1 aromatic carbocycles. The predicted molar refractivity (Wildman–Crippen MR) is 61.3 cm³/mol. The summed E-state index contributed by atoms with van der Waals surface area (Å²) in [7, 11) is 1.28. The second-order valence-electron chi connectivity index (χ2n) is 3.87. The lowest BCUT2D eigenvalue weighted by Gasteiger charge is -2.15. The molecule has 0 saturated carbocycles. The van der Waals surface area contributed by atoms with Gasteiger partial charge in [-0.1, -0.05) is 0 Å². The number of hydrogen-bond donors (Lipinski definition) is 1. The fourth-order valence-corrected chi connectivity index (χ4v) is 1.56. The minimum absolute atomic E-state index is 0.0346. The summed E-state index contributed by atoms with van der Waals surface area (Å²) in [6.45, 7) is -0.823. The second kappa shape index (κ2) is 7.30. The van der Waals surface area contributed by atoms with Gasteiger partial charge in [-0.3, -0.25) is 0 Å². The molecule has 0 saturated heterocycles. The molecule has 1 rings (SSSR count). The summed E-state index contributed by atoms with van der Waals surface area (Å²) in [4.78, 5) is 0. The van der Waals surface area contributed by atoms with Crippen molar-refractivity contribution in [2.75, 3.05) is 20.3 Å². The Balaban J connectivity index is 2.64. The molecule has 0 aliphatic heterocycles. The summed E-state index contributed by atoms with van der Waals surface area (Å²) >= 11 is 0. The summed E-state index contributed by atoms with van der Waals surface area (Å²) in [5, 5.41) is 0. The van der Waals surface area contributed by atoms with Crippen LogP contribution in [0.5, 0.6) is 5.75 Å². The van der Waals surface area contributed by atoms with Crippen LogP contribution in [0.25, 0.3) is 0 Å². The number of halogens is 4. The van der Waals surface area contributed by atoms with Crippen molar-refractivity contribution in [2.24, 2.45) is 5.73 Å². The highest BCUT2D eigenvalue weighted by Gasteiger charge is 2.18. The molecule has 0 heterocycles. The van der Waals surface area contributed by atoms with Gasteiger partial charge in [-0.25, -0.2) is 17.6 Å². The maximum absolute atomic E-state index is 13.6. The molecule has 0 spiro atoms. The van der Waals surface area contributed by atoms with E-state index in [9.17, 15) is 17.6 Å². The van der Waals surface area contributed by atoms with Crippen LogP contribution in [0.1, 0.15) is 18.0 Å². The fraction of sp³-hybridized carbons (Fsp3) is 0.500. The van der Waals surface area contributed by atoms with Crippen molar-refractivity contribution in [3.05, 3.63) is 29.3 Å². The molecule has 1 atom stereocenters. The van der Waals surface area contributed by atoms with Crippen molar-refractivity contribution in [3.8, 4) is 5.75 Å². The molecule has 0 fully saturated rings. The molecule has 0 bridgehead atoms. The highest BCUT2D eigenvalue weighted by molar-refractivity contribution is 5.32. The minimum Gasteiger partial charge on any atom is -0.497 e. The average Bonchev–Trinajstić information content (AvgIpc) is 2.33. The highest BCUT2D eigenvalue weighted by Crippen LogP contribution is 2.26. The lowest BCUT2D eigenvalue weighted by Crippen LogP contribution is -2.17. The minimum atomic E-state index is -2.58. The van der Waals surface area contributed by atoms with Crippen LogP contribution in [-0.4, -0.2) is 26.7 Å². The van der Waals surface area contributed by atoms with E-state index in [4.69, 9.17) is 10.5 Å². The largest absolute Gasteiger partial charge is 0.497 e. The van der Waals surface area contributed by atoms with Gasteiger partial charge in [0.1, 0.15) is 24.0 Å². The van der Waals surface area contributed by atoms with Crippen molar-refractivity contribution in [2.45, 2.75) is 18.9 Å². The van der Waals surface area contributed by atoms with Gasteiger partial charge in [0.05, 0.1) is 7.11 Å². The number of ether oxygens (including phenoxy) is 2. The van der Waals surface area contributed by atoms with Crippen LogP contribution in [0.3, 0.4) is 0 Å². The molecule has 7 heteroatoms. The molecule has 108 valence electrons. The van der Waals surface area contributed by atoms with Gasteiger partial charge in [-0.15, -0.1) is 0 Å². The van der Waals surface area contributed by atoms with Crippen LogP contribution in [-0.2, 0) is 4.74 Å². The van der Waals surface area contributed by atoms with Crippen molar-refractivity contribution >= 4 is 0 Å². The van der Waals surface area contributed by atoms with E-state index in [1.807, 2.05) is 0 Å². The van der Waals surface area contributed by atoms with Crippen molar-refractivity contribution < 1.29 is 27.0 Å². The van der Waals surface area contributed by atoms with Gasteiger partial charge >= 0.3 is 0 Å². The monoisotopic (exact) mass is 281 g/mol. The van der Waals surface area contributed by atoms with Gasteiger partial charge in [0, 0.05) is 30.3 Å². The van der Waals surface area contributed by atoms with E-state index < -0.39 is 30.7 Å². The zero-order valence-corrected chi connectivity index (χ0v) is 10.3. The van der Waals surface area contributed by atoms with Crippen LogP contribution in [0, 0.1) is 11.6 Å². The van der Waals surface area contributed by atoms with Crippen LogP contribution < -0.4 is 10.5 Å². The SMILES string of the molecule is COc1cc(F)c(C(N)CCOCC(F)F)c(F)c1. The summed E-state index contributed by atoms with van der Waals surface area (Å²) < 4.78 is 60.2. The fourth-order valence-electron chi connectivity index (χ4n) is 1.56. The van der Waals surface area contributed by atoms with Gasteiger partial charge in [0.15, 0.2) is 0 Å². The number of nitrogens with two attached hydrogens (primary N) is 1. The Kier molecular flexibility index (Phi) is 6.04. The molecule has 0 aliphatic rings. The Morgan fingerprint density at radius 1 is 1.21 bits per heavy atom. The van der Waals surface area contributed by atoms with E-state index in [-0.39, 0.29) is 24.3 Å². The normalized spacial score (nSPS) is 12.8. The first-order chi connectivity index (χ1) is 8.95. The van der Waals surface area contributed by atoms with Gasteiger partial charge in [-0.05, 0) is 6.42 Å². The summed E-state index contributed by atoms with van der Waals surface area (Å²) in [5.41, 5.74) is 5.31. The third kappa shape index (κ3) is 4.68. The molecule has 0 aromatic heterocycles. The smallest absolute Gasteiger partial charge is 0.261 e. The maximum Gasteiger partial charge on any atom is 0.261 e. The average molecular weight is 281 g/mol. The first-order valence-corrected chi connectivity index (χ1v) is 5.60. The molecular weight excluding hydrogens is 266 g/mol. The van der Waals surface area contributed by atoms with Gasteiger partial charge in [0.2, 0.25) is 0 Å². The number of methoxy groups -OCH3 is 1. The number of hydrogen-bond acceptors (Lipinski definition) is 3. The lowest BCUT2D eigenvalue weighted by molar-refractivity contribution is 0.0151. The van der Waals surface area contributed by atoms with Crippen LogP contribution in [0.4, 0.5) is 17.6 Å². The van der Waals surface area contributed by atoms with Crippen molar-refractivity contribution in [1.29, 1.82) is 0 Å². The van der Waals surface area contributed by atoms with Crippen molar-refractivity contribution in [1.82, 2.24) is 0 Å². The maximum atomic E-state index is 13.6. The quantitative estimate of drug-likeness (QED) is 0.617. The first kappa shape index (κ1) is 15.7. The Bertz CT molecular complexity index is 392.